The summed E-state index contributed by atoms with van der Waals surface area (Å²) < 4.78 is 13.5. The van der Waals surface area contributed by atoms with Crippen molar-refractivity contribution < 1.29 is 19.1 Å². The molecule has 0 saturated carbocycles. The first-order valence-corrected chi connectivity index (χ1v) is 7.07. The predicted octanol–water partition coefficient (Wildman–Crippen LogP) is 3.52. The predicted molar refractivity (Wildman–Crippen MR) is 81.9 cm³/mol. The average Bonchev–Trinajstić information content (AvgIpc) is 2.31. The van der Waals surface area contributed by atoms with E-state index in [0.29, 0.717) is 11.3 Å². The lowest BCUT2D eigenvalue weighted by Crippen LogP contribution is -2.50. The van der Waals surface area contributed by atoms with E-state index in [1.807, 2.05) is 0 Å². The van der Waals surface area contributed by atoms with Gasteiger partial charge in [-0.15, -0.1) is 0 Å². The Bertz CT molecular complexity index is 570. The van der Waals surface area contributed by atoms with Crippen LogP contribution in [0.2, 0.25) is 0 Å². The molecule has 2 amide bonds. The van der Waals surface area contributed by atoms with Crippen molar-refractivity contribution in [1.29, 1.82) is 0 Å². The number of halogens is 2. The lowest BCUT2D eigenvalue weighted by Gasteiger charge is -2.27. The van der Waals surface area contributed by atoms with Crippen LogP contribution in [0, 0.1) is 18.2 Å². The number of hydrogen-bond acceptors (Lipinski definition) is 2. The molecule has 1 aromatic rings. The molecule has 0 heterocycles. The van der Waals surface area contributed by atoms with Crippen molar-refractivity contribution in [3.63, 3.8) is 0 Å². The highest BCUT2D eigenvalue weighted by Gasteiger charge is 2.32. The van der Waals surface area contributed by atoms with E-state index in [4.69, 9.17) is 5.11 Å². The lowest BCUT2D eigenvalue weighted by molar-refractivity contribution is -0.141. The second kappa shape index (κ2) is 6.43. The van der Waals surface area contributed by atoms with Crippen LogP contribution in [-0.4, -0.2) is 23.1 Å². The minimum atomic E-state index is -1.12. The van der Waals surface area contributed by atoms with Crippen molar-refractivity contribution in [1.82, 2.24) is 5.32 Å². The zero-order chi connectivity index (χ0) is 16.4. The van der Waals surface area contributed by atoms with E-state index >= 15 is 0 Å². The highest BCUT2D eigenvalue weighted by molar-refractivity contribution is 9.10. The third-order valence-corrected chi connectivity index (χ3v) is 3.51. The molecule has 0 bridgehead atoms. The first-order chi connectivity index (χ1) is 9.52. The van der Waals surface area contributed by atoms with E-state index < -0.39 is 29.3 Å². The molecule has 1 unspecified atom stereocenters. The molecule has 0 aliphatic heterocycles. The minimum Gasteiger partial charge on any atom is -0.480 e. The zero-order valence-electron chi connectivity index (χ0n) is 12.3. The Morgan fingerprint density at radius 2 is 1.90 bits per heavy atom. The van der Waals surface area contributed by atoms with Gasteiger partial charge in [-0.2, -0.15) is 0 Å². The summed E-state index contributed by atoms with van der Waals surface area (Å²) in [6, 6.07) is 1.01. The highest BCUT2D eigenvalue weighted by atomic mass is 79.9. The van der Waals surface area contributed by atoms with E-state index in [2.05, 4.69) is 26.6 Å². The topological polar surface area (TPSA) is 78.4 Å². The number of amides is 2. The number of carbonyl (C=O) groups excluding carboxylic acids is 1. The molecule has 0 aliphatic carbocycles. The van der Waals surface area contributed by atoms with E-state index in [1.165, 1.54) is 12.1 Å². The Morgan fingerprint density at radius 1 is 1.33 bits per heavy atom. The molecule has 1 atom stereocenters. The molecule has 21 heavy (non-hydrogen) atoms. The fraction of sp³-hybridized carbons (Fsp3) is 0.429. The second-order valence-electron chi connectivity index (χ2n) is 5.82. The first-order valence-electron chi connectivity index (χ1n) is 6.28. The molecule has 0 radical (unpaired) electrons. The summed E-state index contributed by atoms with van der Waals surface area (Å²) in [4.78, 5) is 23.1. The van der Waals surface area contributed by atoms with Gasteiger partial charge >= 0.3 is 12.0 Å². The van der Waals surface area contributed by atoms with Gasteiger partial charge in [-0.3, -0.25) is 0 Å². The van der Waals surface area contributed by atoms with Crippen LogP contribution in [0.4, 0.5) is 14.9 Å². The number of rotatable bonds is 3. The number of nitrogens with one attached hydrogen (secondary N) is 2. The largest absolute Gasteiger partial charge is 0.480 e. The van der Waals surface area contributed by atoms with E-state index in [9.17, 15) is 14.0 Å². The van der Waals surface area contributed by atoms with Crippen LogP contribution in [0.1, 0.15) is 26.3 Å². The SMILES string of the molecule is Cc1cc(F)c(Br)cc1NC(=O)NC(C(=O)O)C(C)(C)C. The molecule has 0 aromatic heterocycles. The summed E-state index contributed by atoms with van der Waals surface area (Å²) in [5.74, 6) is -1.55. The van der Waals surface area contributed by atoms with Crippen LogP contribution in [0.25, 0.3) is 0 Å². The molecule has 0 aliphatic rings. The van der Waals surface area contributed by atoms with Gasteiger partial charge < -0.3 is 15.7 Å². The smallest absolute Gasteiger partial charge is 0.326 e. The fourth-order valence-corrected chi connectivity index (χ4v) is 2.06. The Labute approximate surface area is 131 Å². The molecule has 3 N–H and O–H groups in total. The Hall–Kier alpha value is -1.63. The molecule has 0 spiro atoms. The van der Waals surface area contributed by atoms with Gasteiger partial charge in [0.25, 0.3) is 0 Å². The molecular formula is C14H18BrFN2O3. The van der Waals surface area contributed by atoms with Crippen LogP contribution < -0.4 is 10.6 Å². The van der Waals surface area contributed by atoms with E-state index in [1.54, 1.807) is 27.7 Å². The number of carbonyl (C=O) groups is 2. The monoisotopic (exact) mass is 360 g/mol. The van der Waals surface area contributed by atoms with Gasteiger partial charge in [-0.25, -0.2) is 14.0 Å². The van der Waals surface area contributed by atoms with Gasteiger partial charge in [0, 0.05) is 5.69 Å². The molecular weight excluding hydrogens is 343 g/mol. The lowest BCUT2D eigenvalue weighted by atomic mass is 9.87. The second-order valence-corrected chi connectivity index (χ2v) is 6.67. The Balaban J connectivity index is 2.87. The van der Waals surface area contributed by atoms with Gasteiger partial charge in [-0.1, -0.05) is 20.8 Å². The third kappa shape index (κ3) is 4.70. The summed E-state index contributed by atoms with van der Waals surface area (Å²) in [5.41, 5.74) is 0.300. The number of carboxylic acid groups (broad SMARTS) is 1. The highest BCUT2D eigenvalue weighted by Crippen LogP contribution is 2.24. The van der Waals surface area contributed by atoms with Crippen molar-refractivity contribution >= 4 is 33.6 Å². The third-order valence-electron chi connectivity index (χ3n) is 2.90. The Morgan fingerprint density at radius 3 is 2.38 bits per heavy atom. The average molecular weight is 361 g/mol. The van der Waals surface area contributed by atoms with Crippen molar-refractivity contribution in [3.05, 3.63) is 28.0 Å². The first kappa shape index (κ1) is 17.4. The van der Waals surface area contributed by atoms with Crippen molar-refractivity contribution in [2.75, 3.05) is 5.32 Å². The molecule has 5 nitrogen and oxygen atoms in total. The summed E-state index contributed by atoms with van der Waals surface area (Å²) in [5, 5.41) is 14.1. The maximum atomic E-state index is 13.3. The number of hydrogen-bond donors (Lipinski definition) is 3. The molecule has 1 aromatic carbocycles. The van der Waals surface area contributed by atoms with Gasteiger partial charge in [0.15, 0.2) is 0 Å². The number of urea groups is 1. The van der Waals surface area contributed by atoms with Crippen molar-refractivity contribution in [3.8, 4) is 0 Å². The zero-order valence-corrected chi connectivity index (χ0v) is 13.8. The van der Waals surface area contributed by atoms with Crippen molar-refractivity contribution in [2.45, 2.75) is 33.7 Å². The number of carboxylic acids is 1. The van der Waals surface area contributed by atoms with Crippen LogP contribution in [0.15, 0.2) is 16.6 Å². The van der Waals surface area contributed by atoms with Gasteiger partial charge in [0.2, 0.25) is 0 Å². The normalized spacial score (nSPS) is 12.7. The standard InChI is InChI=1S/C14H18BrFN2O3/c1-7-5-9(16)8(15)6-10(7)17-13(21)18-11(12(19)20)14(2,3)4/h5-6,11H,1-4H3,(H,19,20)(H2,17,18,21). The van der Waals surface area contributed by atoms with Crippen LogP contribution in [-0.2, 0) is 4.79 Å². The maximum Gasteiger partial charge on any atom is 0.326 e. The van der Waals surface area contributed by atoms with Crippen LogP contribution in [0.3, 0.4) is 0 Å². The number of aliphatic carboxylic acids is 1. The molecule has 116 valence electrons. The molecule has 0 fully saturated rings. The van der Waals surface area contributed by atoms with Gasteiger partial charge in [0.05, 0.1) is 4.47 Å². The summed E-state index contributed by atoms with van der Waals surface area (Å²) >= 11 is 3.04. The maximum absolute atomic E-state index is 13.3. The molecule has 0 saturated heterocycles. The number of benzene rings is 1. The van der Waals surface area contributed by atoms with Crippen LogP contribution >= 0.6 is 15.9 Å². The fourth-order valence-electron chi connectivity index (χ4n) is 1.72. The number of anilines is 1. The Kier molecular flexibility index (Phi) is 5.33. The number of aryl methyl sites for hydroxylation is 1. The summed E-state index contributed by atoms with van der Waals surface area (Å²) in [7, 11) is 0. The summed E-state index contributed by atoms with van der Waals surface area (Å²) in [6.07, 6.45) is 0. The van der Waals surface area contributed by atoms with Crippen molar-refractivity contribution in [2.24, 2.45) is 5.41 Å². The quantitative estimate of drug-likeness (QED) is 0.771. The van der Waals surface area contributed by atoms with E-state index in [-0.39, 0.29) is 4.47 Å². The minimum absolute atomic E-state index is 0.217. The van der Waals surface area contributed by atoms with Gasteiger partial charge in [-0.05, 0) is 46.0 Å². The van der Waals surface area contributed by atoms with E-state index in [0.717, 1.165) is 0 Å². The van der Waals surface area contributed by atoms with Crippen LogP contribution in [0.5, 0.6) is 0 Å². The summed E-state index contributed by atoms with van der Waals surface area (Å²) in [6.45, 7) is 6.78. The molecule has 7 heteroatoms. The van der Waals surface area contributed by atoms with Gasteiger partial charge in [0.1, 0.15) is 11.9 Å². The molecule has 1 rings (SSSR count).